The van der Waals surface area contributed by atoms with Crippen molar-refractivity contribution in [2.75, 3.05) is 13.6 Å². The van der Waals surface area contributed by atoms with Crippen molar-refractivity contribution in [3.63, 3.8) is 0 Å². The van der Waals surface area contributed by atoms with Crippen LogP contribution in [-0.2, 0) is 0 Å². The number of nitrogens with zero attached hydrogens (tertiary/aromatic N) is 2. The summed E-state index contributed by atoms with van der Waals surface area (Å²) < 4.78 is 1.88. The van der Waals surface area contributed by atoms with E-state index in [2.05, 4.69) is 35.9 Å². The van der Waals surface area contributed by atoms with E-state index in [-0.39, 0.29) is 17.2 Å². The van der Waals surface area contributed by atoms with Crippen molar-refractivity contribution in [2.24, 2.45) is 5.92 Å². The van der Waals surface area contributed by atoms with Crippen LogP contribution >= 0.6 is 0 Å². The van der Waals surface area contributed by atoms with Crippen molar-refractivity contribution in [1.29, 1.82) is 0 Å². The number of aryl methyl sites for hydroxylation is 1. The van der Waals surface area contributed by atoms with Crippen LogP contribution in [0.15, 0.2) is 15.7 Å². The van der Waals surface area contributed by atoms with Crippen LogP contribution in [0.1, 0.15) is 31.9 Å². The number of aromatic nitrogens is 3. The van der Waals surface area contributed by atoms with E-state index in [0.717, 1.165) is 18.5 Å². The van der Waals surface area contributed by atoms with Gasteiger partial charge in [0, 0.05) is 18.7 Å². The van der Waals surface area contributed by atoms with Crippen LogP contribution in [0.3, 0.4) is 0 Å². The van der Waals surface area contributed by atoms with Gasteiger partial charge in [0.25, 0.3) is 5.56 Å². The molecule has 0 amide bonds. The van der Waals surface area contributed by atoms with Gasteiger partial charge in [0.05, 0.1) is 11.4 Å². The van der Waals surface area contributed by atoms with Gasteiger partial charge in [-0.05, 0) is 38.8 Å². The van der Waals surface area contributed by atoms with Crippen LogP contribution in [0, 0.1) is 12.8 Å². The zero-order valence-corrected chi connectivity index (χ0v) is 12.9. The molecule has 1 saturated heterocycles. The van der Waals surface area contributed by atoms with E-state index in [1.54, 1.807) is 6.92 Å². The molecule has 21 heavy (non-hydrogen) atoms. The van der Waals surface area contributed by atoms with Gasteiger partial charge in [-0.25, -0.2) is 0 Å². The molecular formula is C15H22N4O2. The zero-order valence-electron chi connectivity index (χ0n) is 12.9. The number of nitrogens with one attached hydrogen (secondary N) is 2. The van der Waals surface area contributed by atoms with E-state index in [1.165, 1.54) is 6.07 Å². The summed E-state index contributed by atoms with van der Waals surface area (Å²) in [6.07, 6.45) is 0.952. The monoisotopic (exact) mass is 290 g/mol. The summed E-state index contributed by atoms with van der Waals surface area (Å²) in [5, 5.41) is 3.52. The second kappa shape index (κ2) is 4.87. The molecule has 114 valence electrons. The highest BCUT2D eigenvalue weighted by atomic mass is 16.1. The molecule has 3 rings (SSSR count). The van der Waals surface area contributed by atoms with Crippen LogP contribution in [0.25, 0.3) is 11.0 Å². The quantitative estimate of drug-likeness (QED) is 0.829. The number of pyridine rings is 1. The van der Waals surface area contributed by atoms with Gasteiger partial charge in [-0.15, -0.1) is 0 Å². The third-order valence-electron chi connectivity index (χ3n) is 4.81. The van der Waals surface area contributed by atoms with Gasteiger partial charge in [0.2, 0.25) is 5.56 Å². The summed E-state index contributed by atoms with van der Waals surface area (Å²) in [6.45, 7) is 7.16. The minimum absolute atomic E-state index is 0.127. The molecule has 0 aromatic carbocycles. The maximum atomic E-state index is 12.2. The number of rotatable bonds is 1. The Labute approximate surface area is 122 Å². The molecule has 1 aliphatic heterocycles. The fourth-order valence-corrected chi connectivity index (χ4v) is 3.49. The number of H-pyrrole nitrogens is 2. The average molecular weight is 290 g/mol. The zero-order chi connectivity index (χ0) is 15.3. The lowest BCUT2D eigenvalue weighted by Crippen LogP contribution is -2.43. The van der Waals surface area contributed by atoms with Crippen LogP contribution in [0.5, 0.6) is 0 Å². The number of hydrogen-bond donors (Lipinski definition) is 2. The summed E-state index contributed by atoms with van der Waals surface area (Å²) in [6, 6.07) is 2.12. The number of fused-ring (bicyclic) bond motifs is 1. The van der Waals surface area contributed by atoms with Crippen molar-refractivity contribution in [2.45, 2.75) is 39.3 Å². The van der Waals surface area contributed by atoms with E-state index >= 15 is 0 Å². The molecule has 0 radical (unpaired) electrons. The number of aromatic amines is 2. The van der Waals surface area contributed by atoms with Crippen LogP contribution in [0.2, 0.25) is 0 Å². The van der Waals surface area contributed by atoms with E-state index in [1.807, 2.05) is 4.68 Å². The van der Waals surface area contributed by atoms with Crippen LogP contribution in [0.4, 0.5) is 0 Å². The first kappa shape index (κ1) is 14.1. The topological polar surface area (TPSA) is 73.9 Å². The van der Waals surface area contributed by atoms with Gasteiger partial charge < -0.3 is 9.88 Å². The molecule has 0 saturated carbocycles. The first-order valence-corrected chi connectivity index (χ1v) is 7.43. The maximum Gasteiger partial charge on any atom is 0.273 e. The van der Waals surface area contributed by atoms with Crippen molar-refractivity contribution < 1.29 is 0 Å². The van der Waals surface area contributed by atoms with Crippen molar-refractivity contribution in [3.8, 4) is 0 Å². The summed E-state index contributed by atoms with van der Waals surface area (Å²) in [5.41, 5.74) is 1.06. The molecule has 6 nitrogen and oxygen atoms in total. The van der Waals surface area contributed by atoms with E-state index < -0.39 is 0 Å². The maximum absolute atomic E-state index is 12.2. The Hall–Kier alpha value is -1.82. The standard InChI is InChI=1S/C15H22N4O2/c1-8-5-12(20)16-14-13(8)15(21)17-19(14)11-6-10(3)18(4)7-9(11)2/h5,9-11H,6-7H2,1-4H3,(H,16,20)(H,17,21)/t9-,10+,11+/m0/s1. The number of piperidine rings is 1. The minimum atomic E-state index is -0.165. The Morgan fingerprint density at radius 3 is 2.71 bits per heavy atom. The third kappa shape index (κ3) is 2.23. The van der Waals surface area contributed by atoms with E-state index in [4.69, 9.17) is 0 Å². The van der Waals surface area contributed by atoms with Gasteiger partial charge in [0.1, 0.15) is 5.65 Å². The predicted octanol–water partition coefficient (Wildman–Crippen LogP) is 1.23. The first-order valence-electron chi connectivity index (χ1n) is 7.43. The lowest BCUT2D eigenvalue weighted by Gasteiger charge is -2.40. The first-order chi connectivity index (χ1) is 9.88. The molecule has 3 atom stereocenters. The van der Waals surface area contributed by atoms with Gasteiger partial charge in [0.15, 0.2) is 0 Å². The molecule has 0 spiro atoms. The lowest BCUT2D eigenvalue weighted by atomic mass is 9.90. The van der Waals surface area contributed by atoms with Crippen molar-refractivity contribution >= 4 is 11.0 Å². The molecular weight excluding hydrogens is 268 g/mol. The van der Waals surface area contributed by atoms with Crippen molar-refractivity contribution in [3.05, 3.63) is 32.3 Å². The Kier molecular flexibility index (Phi) is 3.28. The average Bonchev–Trinajstić information content (AvgIpc) is 2.71. The Balaban J connectivity index is 2.17. The summed E-state index contributed by atoms with van der Waals surface area (Å²) in [5.74, 6) is 0.404. The second-order valence-electron chi connectivity index (χ2n) is 6.42. The summed E-state index contributed by atoms with van der Waals surface area (Å²) >= 11 is 0. The third-order valence-corrected chi connectivity index (χ3v) is 4.81. The predicted molar refractivity (Wildman–Crippen MR) is 82.8 cm³/mol. The smallest absolute Gasteiger partial charge is 0.273 e. The number of hydrogen-bond acceptors (Lipinski definition) is 3. The molecule has 2 N–H and O–H groups in total. The highest BCUT2D eigenvalue weighted by molar-refractivity contribution is 5.78. The van der Waals surface area contributed by atoms with Gasteiger partial charge in [-0.1, -0.05) is 6.92 Å². The molecule has 0 bridgehead atoms. The molecule has 6 heteroatoms. The minimum Gasteiger partial charge on any atom is -0.307 e. The molecule has 1 fully saturated rings. The van der Waals surface area contributed by atoms with Gasteiger partial charge in [-0.3, -0.25) is 19.4 Å². The second-order valence-corrected chi connectivity index (χ2v) is 6.42. The molecule has 1 aliphatic rings. The summed E-state index contributed by atoms with van der Waals surface area (Å²) in [4.78, 5) is 29.1. The molecule has 2 aromatic rings. The molecule has 3 heterocycles. The Morgan fingerprint density at radius 2 is 2.00 bits per heavy atom. The Bertz CT molecular complexity index is 785. The van der Waals surface area contributed by atoms with Gasteiger partial charge in [-0.2, -0.15) is 0 Å². The van der Waals surface area contributed by atoms with E-state index in [9.17, 15) is 9.59 Å². The summed E-state index contributed by atoms with van der Waals surface area (Å²) in [7, 11) is 2.12. The fraction of sp³-hybridized carbons (Fsp3) is 0.600. The lowest BCUT2D eigenvalue weighted by molar-refractivity contribution is 0.103. The molecule has 2 aromatic heterocycles. The highest BCUT2D eigenvalue weighted by Crippen LogP contribution is 2.31. The highest BCUT2D eigenvalue weighted by Gasteiger charge is 2.31. The van der Waals surface area contributed by atoms with Crippen molar-refractivity contribution in [1.82, 2.24) is 19.7 Å². The largest absolute Gasteiger partial charge is 0.307 e. The van der Waals surface area contributed by atoms with Crippen LogP contribution < -0.4 is 11.1 Å². The Morgan fingerprint density at radius 1 is 1.29 bits per heavy atom. The molecule has 0 aliphatic carbocycles. The fourth-order valence-electron chi connectivity index (χ4n) is 3.49. The van der Waals surface area contributed by atoms with Crippen LogP contribution in [-0.4, -0.2) is 39.3 Å². The van der Waals surface area contributed by atoms with E-state index in [0.29, 0.717) is 23.0 Å². The normalized spacial score (nSPS) is 27.3. The van der Waals surface area contributed by atoms with Gasteiger partial charge >= 0.3 is 0 Å². The number of likely N-dealkylation sites (tertiary alicyclic amines) is 1. The molecule has 0 unspecified atom stereocenters. The SMILES string of the molecule is Cc1cc(=O)[nH]c2c1c(=O)[nH]n2[C@@H]1C[C@@H](C)N(C)C[C@@H]1C.